The highest BCUT2D eigenvalue weighted by Gasteiger charge is 2.43. The fourth-order valence-electron chi connectivity index (χ4n) is 2.37. The number of amides is 1. The molecule has 1 aliphatic heterocycles. The lowest BCUT2D eigenvalue weighted by Gasteiger charge is -2.35. The summed E-state index contributed by atoms with van der Waals surface area (Å²) in [5, 5.41) is 5.33. The zero-order valence-corrected chi connectivity index (χ0v) is 14.6. The average Bonchev–Trinajstić information content (AvgIpc) is 2.97. The molecule has 2 N–H and O–H groups in total. The second-order valence-electron chi connectivity index (χ2n) is 5.27. The van der Waals surface area contributed by atoms with Crippen LogP contribution in [-0.2, 0) is 0 Å². The van der Waals surface area contributed by atoms with E-state index in [4.69, 9.17) is 0 Å². The fraction of sp³-hybridized carbons (Fsp3) is 0.571. The van der Waals surface area contributed by atoms with E-state index in [1.165, 1.54) is 24.0 Å². The van der Waals surface area contributed by atoms with E-state index >= 15 is 0 Å². The van der Waals surface area contributed by atoms with Crippen molar-refractivity contribution in [3.63, 3.8) is 0 Å². The molecule has 0 bridgehead atoms. The summed E-state index contributed by atoms with van der Waals surface area (Å²) in [7, 11) is 0. The number of piperazine rings is 1. The topological polar surface area (TPSA) is 61.4 Å². The molecule has 1 unspecified atom stereocenters. The highest BCUT2D eigenvalue weighted by molar-refractivity contribution is 7.15. The molecule has 0 aliphatic carbocycles. The van der Waals surface area contributed by atoms with E-state index in [2.05, 4.69) is 10.6 Å². The first kappa shape index (κ1) is 20.9. The molecule has 0 aromatic carbocycles. The van der Waals surface area contributed by atoms with Crippen LogP contribution in [0.3, 0.4) is 0 Å². The minimum Gasteiger partial charge on any atom is -0.349 e. The number of ketones is 1. The van der Waals surface area contributed by atoms with Crippen LogP contribution in [0.2, 0.25) is 0 Å². The van der Waals surface area contributed by atoms with Gasteiger partial charge in [-0.15, -0.1) is 23.7 Å². The molecule has 10 heteroatoms. The Kier molecular flexibility index (Phi) is 7.65. The SMILES string of the molecule is CC(=O)c1ccc(C(=O)NCC(N2CCNCC2)C(F)(F)F)s1.Cl. The first-order valence-electron chi connectivity index (χ1n) is 7.19. The van der Waals surface area contributed by atoms with Crippen LogP contribution in [0.5, 0.6) is 0 Å². The number of nitrogens with one attached hydrogen (secondary N) is 2. The van der Waals surface area contributed by atoms with E-state index in [0.29, 0.717) is 18.0 Å². The Balaban J connectivity index is 0.00000288. The standard InChI is InChI=1S/C14H18F3N3O2S.ClH/c1-9(21)10-2-3-11(23-10)13(22)19-8-12(14(15,16)17)20-6-4-18-5-7-20;/h2-3,12,18H,4-8H2,1H3,(H,19,22);1H. The number of carbonyl (C=O) groups excluding carboxylic acids is 2. The highest BCUT2D eigenvalue weighted by Crippen LogP contribution is 2.25. The third-order valence-corrected chi connectivity index (χ3v) is 4.79. The molecule has 0 spiro atoms. The van der Waals surface area contributed by atoms with Gasteiger partial charge in [-0.1, -0.05) is 0 Å². The van der Waals surface area contributed by atoms with Gasteiger partial charge in [0.15, 0.2) is 5.78 Å². The average molecular weight is 386 g/mol. The van der Waals surface area contributed by atoms with E-state index in [9.17, 15) is 22.8 Å². The van der Waals surface area contributed by atoms with Crippen LogP contribution in [0.4, 0.5) is 13.2 Å². The summed E-state index contributed by atoms with van der Waals surface area (Å²) >= 11 is 0.977. The zero-order valence-electron chi connectivity index (χ0n) is 13.0. The Labute approximate surface area is 148 Å². The number of rotatable bonds is 5. The third kappa shape index (κ3) is 5.44. The number of halogens is 4. The van der Waals surface area contributed by atoms with Crippen LogP contribution in [0.15, 0.2) is 12.1 Å². The van der Waals surface area contributed by atoms with Gasteiger partial charge in [0.2, 0.25) is 0 Å². The van der Waals surface area contributed by atoms with Crippen molar-refractivity contribution in [2.45, 2.75) is 19.1 Å². The van der Waals surface area contributed by atoms with E-state index in [0.717, 1.165) is 11.3 Å². The predicted octanol–water partition coefficient (Wildman–Crippen LogP) is 1.94. The number of carbonyl (C=O) groups is 2. The fourth-order valence-corrected chi connectivity index (χ4v) is 3.19. The molecule has 1 aromatic rings. The van der Waals surface area contributed by atoms with Crippen LogP contribution in [0.1, 0.15) is 26.3 Å². The molecule has 1 saturated heterocycles. The molecule has 1 atom stereocenters. The molecule has 1 fully saturated rings. The highest BCUT2D eigenvalue weighted by atomic mass is 35.5. The Morgan fingerprint density at radius 1 is 1.29 bits per heavy atom. The number of alkyl halides is 3. The normalized spacial score (nSPS) is 17.0. The molecule has 0 radical (unpaired) electrons. The van der Waals surface area contributed by atoms with Crippen LogP contribution >= 0.6 is 23.7 Å². The second kappa shape index (κ2) is 8.80. The maximum atomic E-state index is 13.2. The van der Waals surface area contributed by atoms with Crippen molar-refractivity contribution >= 4 is 35.4 Å². The van der Waals surface area contributed by atoms with E-state index < -0.39 is 24.7 Å². The second-order valence-corrected chi connectivity index (χ2v) is 6.36. The minimum atomic E-state index is -4.41. The zero-order chi connectivity index (χ0) is 17.0. The lowest BCUT2D eigenvalue weighted by atomic mass is 10.2. The van der Waals surface area contributed by atoms with Crippen molar-refractivity contribution in [2.24, 2.45) is 0 Å². The minimum absolute atomic E-state index is 0. The molecule has 1 amide bonds. The summed E-state index contributed by atoms with van der Waals surface area (Å²) in [6.07, 6.45) is -4.41. The van der Waals surface area contributed by atoms with Gasteiger partial charge in [-0.25, -0.2) is 0 Å². The van der Waals surface area contributed by atoms with Gasteiger partial charge in [0, 0.05) is 32.7 Å². The van der Waals surface area contributed by atoms with Gasteiger partial charge in [-0.2, -0.15) is 13.2 Å². The van der Waals surface area contributed by atoms with Gasteiger partial charge in [0.1, 0.15) is 6.04 Å². The van der Waals surface area contributed by atoms with Gasteiger partial charge in [0.05, 0.1) is 9.75 Å². The van der Waals surface area contributed by atoms with Crippen molar-refractivity contribution in [3.8, 4) is 0 Å². The van der Waals surface area contributed by atoms with Crippen molar-refractivity contribution < 1.29 is 22.8 Å². The summed E-state index contributed by atoms with van der Waals surface area (Å²) in [6.45, 7) is 2.43. The summed E-state index contributed by atoms with van der Waals surface area (Å²) in [6, 6.07) is 1.24. The van der Waals surface area contributed by atoms with E-state index in [-0.39, 0.29) is 36.2 Å². The summed E-state index contributed by atoms with van der Waals surface area (Å²) in [5.74, 6) is -0.769. The third-order valence-electron chi connectivity index (χ3n) is 3.60. The van der Waals surface area contributed by atoms with Gasteiger partial charge in [-0.3, -0.25) is 14.5 Å². The van der Waals surface area contributed by atoms with Crippen molar-refractivity contribution in [1.82, 2.24) is 15.5 Å². The number of hydrogen-bond donors (Lipinski definition) is 2. The van der Waals surface area contributed by atoms with Gasteiger partial charge >= 0.3 is 6.18 Å². The van der Waals surface area contributed by atoms with Crippen LogP contribution in [0, 0.1) is 0 Å². The van der Waals surface area contributed by atoms with Crippen LogP contribution < -0.4 is 10.6 Å². The molecule has 24 heavy (non-hydrogen) atoms. The predicted molar refractivity (Wildman–Crippen MR) is 88.2 cm³/mol. The van der Waals surface area contributed by atoms with Gasteiger partial charge < -0.3 is 10.6 Å². The van der Waals surface area contributed by atoms with Crippen LogP contribution in [0.25, 0.3) is 0 Å². The first-order valence-corrected chi connectivity index (χ1v) is 8.01. The van der Waals surface area contributed by atoms with E-state index in [1.807, 2.05) is 0 Å². The molecule has 0 saturated carbocycles. The maximum absolute atomic E-state index is 13.2. The molecule has 2 rings (SSSR count). The molecule has 1 aromatic heterocycles. The molecular weight excluding hydrogens is 367 g/mol. The summed E-state index contributed by atoms with van der Waals surface area (Å²) < 4.78 is 39.6. The Hall–Kier alpha value is -1.16. The molecule has 136 valence electrons. The quantitative estimate of drug-likeness (QED) is 0.760. The molecule has 1 aliphatic rings. The van der Waals surface area contributed by atoms with Crippen molar-refractivity contribution in [3.05, 3.63) is 21.9 Å². The van der Waals surface area contributed by atoms with E-state index in [1.54, 1.807) is 0 Å². The van der Waals surface area contributed by atoms with Gasteiger partial charge in [0.25, 0.3) is 5.91 Å². The number of nitrogens with zero attached hydrogens (tertiary/aromatic N) is 1. The lowest BCUT2D eigenvalue weighted by Crippen LogP contribution is -2.57. The molecule has 2 heterocycles. The largest absolute Gasteiger partial charge is 0.405 e. The number of hydrogen-bond acceptors (Lipinski definition) is 5. The smallest absolute Gasteiger partial charge is 0.349 e. The van der Waals surface area contributed by atoms with Crippen LogP contribution in [-0.4, -0.2) is 61.5 Å². The first-order chi connectivity index (χ1) is 10.8. The molecule has 5 nitrogen and oxygen atoms in total. The monoisotopic (exact) mass is 385 g/mol. The maximum Gasteiger partial charge on any atom is 0.405 e. The Morgan fingerprint density at radius 3 is 2.38 bits per heavy atom. The van der Waals surface area contributed by atoms with Crippen molar-refractivity contribution in [1.29, 1.82) is 0 Å². The number of thiophene rings is 1. The van der Waals surface area contributed by atoms with Crippen molar-refractivity contribution in [2.75, 3.05) is 32.7 Å². The lowest BCUT2D eigenvalue weighted by molar-refractivity contribution is -0.183. The van der Waals surface area contributed by atoms with Gasteiger partial charge in [-0.05, 0) is 19.1 Å². The Morgan fingerprint density at radius 2 is 1.88 bits per heavy atom. The molecular formula is C14H19ClF3N3O2S. The Bertz CT molecular complexity index is 574. The summed E-state index contributed by atoms with van der Waals surface area (Å²) in [4.78, 5) is 25.2. The summed E-state index contributed by atoms with van der Waals surface area (Å²) in [5.41, 5.74) is 0. The number of Topliss-reactive ketones (excluding diaryl/α,β-unsaturated/α-hetero) is 1.